The Kier molecular flexibility index (Phi) is 5.95. The van der Waals surface area contributed by atoms with Crippen molar-refractivity contribution in [1.82, 2.24) is 15.2 Å². The summed E-state index contributed by atoms with van der Waals surface area (Å²) in [6, 6.07) is 15.7. The van der Waals surface area contributed by atoms with Crippen LogP contribution in [-0.2, 0) is 16.0 Å². The fourth-order valence-corrected chi connectivity index (χ4v) is 4.14. The lowest BCUT2D eigenvalue weighted by Gasteiger charge is -2.36. The van der Waals surface area contributed by atoms with Crippen LogP contribution in [0, 0.1) is 6.92 Å². The van der Waals surface area contributed by atoms with Crippen molar-refractivity contribution in [3.63, 3.8) is 0 Å². The van der Waals surface area contributed by atoms with Gasteiger partial charge in [-0.1, -0.05) is 35.9 Å². The fourth-order valence-electron chi connectivity index (χ4n) is 3.96. The molecule has 0 atom stereocenters. The number of aromatic amines is 1. The van der Waals surface area contributed by atoms with Gasteiger partial charge in [-0.2, -0.15) is 0 Å². The molecule has 4 rings (SSSR count). The van der Waals surface area contributed by atoms with Crippen LogP contribution < -0.4 is 10.2 Å². The van der Waals surface area contributed by atoms with Crippen LogP contribution in [0.15, 0.2) is 48.5 Å². The van der Waals surface area contributed by atoms with Crippen molar-refractivity contribution in [2.75, 3.05) is 37.6 Å². The average molecular weight is 425 g/mol. The fraction of sp³-hybridized carbons (Fsp3) is 0.304. The molecule has 3 aromatic rings. The molecule has 0 spiro atoms. The summed E-state index contributed by atoms with van der Waals surface area (Å²) >= 11 is 6.07. The highest BCUT2D eigenvalue weighted by atomic mass is 35.5. The first-order chi connectivity index (χ1) is 14.5. The van der Waals surface area contributed by atoms with Crippen LogP contribution in [0.3, 0.4) is 0 Å². The molecule has 0 bridgehead atoms. The normalized spacial score (nSPS) is 14.2. The first-order valence-corrected chi connectivity index (χ1v) is 10.5. The molecule has 1 aliphatic heterocycles. The molecule has 30 heavy (non-hydrogen) atoms. The van der Waals surface area contributed by atoms with E-state index in [0.29, 0.717) is 18.1 Å². The number of amides is 2. The maximum atomic E-state index is 12.5. The summed E-state index contributed by atoms with van der Waals surface area (Å²) in [7, 11) is 0. The minimum Gasteiger partial charge on any atom is -0.368 e. The molecule has 6 nitrogen and oxygen atoms in total. The third kappa shape index (κ3) is 4.44. The van der Waals surface area contributed by atoms with E-state index in [1.54, 1.807) is 4.90 Å². The summed E-state index contributed by atoms with van der Waals surface area (Å²) in [5.41, 5.74) is 4.05. The van der Waals surface area contributed by atoms with Crippen molar-refractivity contribution >= 4 is 40.0 Å². The van der Waals surface area contributed by atoms with E-state index in [0.717, 1.165) is 40.9 Å². The van der Waals surface area contributed by atoms with Crippen molar-refractivity contribution in [3.8, 4) is 0 Å². The summed E-state index contributed by atoms with van der Waals surface area (Å²) in [5.74, 6) is -0.196. The molecule has 0 saturated carbocycles. The highest BCUT2D eigenvalue weighted by molar-refractivity contribution is 6.30. The van der Waals surface area contributed by atoms with Gasteiger partial charge in [0.25, 0.3) is 0 Å². The number of carbonyl (C=O) groups excluding carboxylic acids is 2. The molecule has 0 aliphatic carbocycles. The Hall–Kier alpha value is -2.99. The van der Waals surface area contributed by atoms with Crippen molar-refractivity contribution in [3.05, 3.63) is 64.8 Å². The molecule has 2 heterocycles. The number of nitrogens with zero attached hydrogens (tertiary/aromatic N) is 2. The molecular weight excluding hydrogens is 400 g/mol. The molecule has 1 aromatic heterocycles. The number of halogens is 1. The van der Waals surface area contributed by atoms with Crippen LogP contribution in [0.2, 0.25) is 5.02 Å². The van der Waals surface area contributed by atoms with Gasteiger partial charge in [0.1, 0.15) is 0 Å². The number of piperazine rings is 1. The number of aromatic nitrogens is 1. The summed E-state index contributed by atoms with van der Waals surface area (Å²) in [5, 5.41) is 4.54. The van der Waals surface area contributed by atoms with E-state index >= 15 is 0 Å². The van der Waals surface area contributed by atoms with Crippen molar-refractivity contribution in [2.45, 2.75) is 13.3 Å². The topological polar surface area (TPSA) is 68.4 Å². The first-order valence-electron chi connectivity index (χ1n) is 10.1. The van der Waals surface area contributed by atoms with Gasteiger partial charge in [-0.25, -0.2) is 0 Å². The lowest BCUT2D eigenvalue weighted by Crippen LogP contribution is -2.51. The Morgan fingerprint density at radius 1 is 1.07 bits per heavy atom. The highest BCUT2D eigenvalue weighted by Gasteiger charge is 2.22. The zero-order valence-corrected chi connectivity index (χ0v) is 17.7. The molecule has 0 unspecified atom stereocenters. The van der Waals surface area contributed by atoms with Crippen LogP contribution in [0.1, 0.15) is 11.3 Å². The monoisotopic (exact) mass is 424 g/mol. The summed E-state index contributed by atoms with van der Waals surface area (Å²) in [6.07, 6.45) is 0.256. The van der Waals surface area contributed by atoms with E-state index in [4.69, 9.17) is 11.6 Å². The SMILES string of the molecule is Cc1[nH]c2ccccc2c1CC(=O)NCC(=O)N1CCN(c2cccc(Cl)c2)CC1. The quantitative estimate of drug-likeness (QED) is 0.661. The predicted molar refractivity (Wildman–Crippen MR) is 120 cm³/mol. The van der Waals surface area contributed by atoms with E-state index < -0.39 is 0 Å². The van der Waals surface area contributed by atoms with Gasteiger partial charge in [0.2, 0.25) is 11.8 Å². The van der Waals surface area contributed by atoms with E-state index in [-0.39, 0.29) is 24.8 Å². The number of carbonyl (C=O) groups is 2. The molecule has 1 aliphatic rings. The maximum Gasteiger partial charge on any atom is 0.242 e. The Labute approximate surface area is 180 Å². The minimum absolute atomic E-state index is 0.0252. The molecule has 2 amide bonds. The molecule has 1 fully saturated rings. The van der Waals surface area contributed by atoms with Gasteiger partial charge >= 0.3 is 0 Å². The highest BCUT2D eigenvalue weighted by Crippen LogP contribution is 2.22. The summed E-state index contributed by atoms with van der Waals surface area (Å²) < 4.78 is 0. The number of benzene rings is 2. The van der Waals surface area contributed by atoms with E-state index in [1.807, 2.05) is 55.5 Å². The zero-order chi connectivity index (χ0) is 21.1. The second kappa shape index (κ2) is 8.79. The number of H-pyrrole nitrogens is 1. The molecule has 2 N–H and O–H groups in total. The van der Waals surface area contributed by atoms with Crippen LogP contribution in [0.4, 0.5) is 5.69 Å². The van der Waals surface area contributed by atoms with E-state index in [9.17, 15) is 9.59 Å². The zero-order valence-electron chi connectivity index (χ0n) is 17.0. The lowest BCUT2D eigenvalue weighted by molar-refractivity contribution is -0.133. The predicted octanol–water partition coefficient (Wildman–Crippen LogP) is 3.14. The second-order valence-electron chi connectivity index (χ2n) is 7.58. The van der Waals surface area contributed by atoms with Crippen LogP contribution in [-0.4, -0.2) is 54.4 Å². The van der Waals surface area contributed by atoms with Crippen LogP contribution in [0.25, 0.3) is 10.9 Å². The van der Waals surface area contributed by atoms with Crippen LogP contribution >= 0.6 is 11.6 Å². The number of nitrogens with one attached hydrogen (secondary N) is 2. The first kappa shape index (κ1) is 20.3. The van der Waals surface area contributed by atoms with Gasteiger partial charge < -0.3 is 20.1 Å². The number of hydrogen-bond acceptors (Lipinski definition) is 3. The Morgan fingerprint density at radius 3 is 2.60 bits per heavy atom. The van der Waals surface area contributed by atoms with Gasteiger partial charge in [0, 0.05) is 53.5 Å². The average Bonchev–Trinajstić information content (AvgIpc) is 3.07. The van der Waals surface area contributed by atoms with Crippen molar-refractivity contribution in [1.29, 1.82) is 0 Å². The van der Waals surface area contributed by atoms with Gasteiger partial charge in [-0.05, 0) is 36.8 Å². The number of hydrogen-bond donors (Lipinski definition) is 2. The molecule has 0 radical (unpaired) electrons. The number of fused-ring (bicyclic) bond motifs is 1. The molecule has 1 saturated heterocycles. The van der Waals surface area contributed by atoms with Crippen molar-refractivity contribution in [2.24, 2.45) is 0 Å². The minimum atomic E-state index is -0.145. The van der Waals surface area contributed by atoms with Gasteiger partial charge in [0.05, 0.1) is 13.0 Å². The van der Waals surface area contributed by atoms with E-state index in [2.05, 4.69) is 15.2 Å². The summed E-state index contributed by atoms with van der Waals surface area (Å²) in [6.45, 7) is 4.74. The Bertz CT molecular complexity index is 1070. The third-order valence-corrected chi connectivity index (χ3v) is 5.84. The lowest BCUT2D eigenvalue weighted by atomic mass is 10.1. The molecule has 156 valence electrons. The molecular formula is C23H25ClN4O2. The Morgan fingerprint density at radius 2 is 1.83 bits per heavy atom. The van der Waals surface area contributed by atoms with Crippen LogP contribution in [0.5, 0.6) is 0 Å². The van der Waals surface area contributed by atoms with Gasteiger partial charge in [-0.3, -0.25) is 9.59 Å². The van der Waals surface area contributed by atoms with E-state index in [1.165, 1.54) is 0 Å². The van der Waals surface area contributed by atoms with Crippen molar-refractivity contribution < 1.29 is 9.59 Å². The maximum absolute atomic E-state index is 12.5. The number of anilines is 1. The number of rotatable bonds is 5. The largest absolute Gasteiger partial charge is 0.368 e. The number of para-hydroxylation sites is 1. The summed E-state index contributed by atoms with van der Waals surface area (Å²) in [4.78, 5) is 32.3. The van der Waals surface area contributed by atoms with Gasteiger partial charge in [0.15, 0.2) is 0 Å². The molecule has 7 heteroatoms. The number of aryl methyl sites for hydroxylation is 1. The Balaban J connectivity index is 1.27. The smallest absolute Gasteiger partial charge is 0.242 e. The molecule has 2 aromatic carbocycles. The standard InChI is InChI=1S/C23H25ClN4O2/c1-16-20(19-7-2-3-8-21(19)26-16)14-22(29)25-15-23(30)28-11-9-27(10-12-28)18-6-4-5-17(24)13-18/h2-8,13,26H,9-12,14-15H2,1H3,(H,25,29). The second-order valence-corrected chi connectivity index (χ2v) is 8.01. The third-order valence-electron chi connectivity index (χ3n) is 5.61. The van der Waals surface area contributed by atoms with Gasteiger partial charge in [-0.15, -0.1) is 0 Å².